The van der Waals surface area contributed by atoms with Gasteiger partial charge in [-0.2, -0.15) is 0 Å². The smallest absolute Gasteiger partial charge is 0.244 e. The number of rotatable bonds is 5. The van der Waals surface area contributed by atoms with E-state index in [1.54, 1.807) is 23.5 Å². The van der Waals surface area contributed by atoms with Crippen LogP contribution in [0.15, 0.2) is 35.7 Å². The number of amides is 1. The Morgan fingerprint density at radius 3 is 2.73 bits per heavy atom. The fraction of sp³-hybridized carbons (Fsp3) is 0.294. The molecular weight excluding hydrogens is 316 g/mol. The van der Waals surface area contributed by atoms with Crippen LogP contribution in [-0.2, 0) is 4.79 Å². The van der Waals surface area contributed by atoms with E-state index in [0.29, 0.717) is 10.9 Å². The molecule has 22 heavy (non-hydrogen) atoms. The zero-order valence-corrected chi connectivity index (χ0v) is 13.8. The normalized spacial score (nSPS) is 15.9. The Hall–Kier alpha value is -1.65. The Balaban J connectivity index is 1.67. The molecule has 0 bridgehead atoms. The van der Waals surface area contributed by atoms with Crippen LogP contribution in [0.4, 0.5) is 0 Å². The molecule has 1 N–H and O–H groups in total. The molecule has 1 aromatic carbocycles. The zero-order valence-electron chi connectivity index (χ0n) is 12.3. The van der Waals surface area contributed by atoms with Crippen LogP contribution in [0.2, 0.25) is 5.02 Å². The second-order valence-corrected chi connectivity index (χ2v) is 7.00. The van der Waals surface area contributed by atoms with Crippen molar-refractivity contribution < 1.29 is 4.79 Å². The van der Waals surface area contributed by atoms with Gasteiger partial charge in [-0.05, 0) is 49.5 Å². The molecule has 1 saturated carbocycles. The summed E-state index contributed by atoms with van der Waals surface area (Å²) in [7, 11) is 0. The van der Waals surface area contributed by atoms with Crippen molar-refractivity contribution in [2.75, 3.05) is 0 Å². The summed E-state index contributed by atoms with van der Waals surface area (Å²) in [6, 6.07) is 7.77. The van der Waals surface area contributed by atoms with E-state index in [-0.39, 0.29) is 11.9 Å². The number of halogens is 1. The topological polar surface area (TPSA) is 42.0 Å². The summed E-state index contributed by atoms with van der Waals surface area (Å²) in [5, 5.41) is 6.75. The molecule has 0 spiro atoms. The first kappa shape index (κ1) is 15.3. The van der Waals surface area contributed by atoms with E-state index in [9.17, 15) is 4.79 Å². The van der Waals surface area contributed by atoms with E-state index < -0.39 is 0 Å². The lowest BCUT2D eigenvalue weighted by Gasteiger charge is -2.17. The molecule has 1 fully saturated rings. The van der Waals surface area contributed by atoms with Crippen LogP contribution in [-0.4, -0.2) is 10.9 Å². The zero-order chi connectivity index (χ0) is 15.5. The highest BCUT2D eigenvalue weighted by Gasteiger charge is 2.33. The highest BCUT2D eigenvalue weighted by molar-refractivity contribution is 7.09. The minimum Gasteiger partial charge on any atom is -0.345 e. The summed E-state index contributed by atoms with van der Waals surface area (Å²) in [5.41, 5.74) is 1.94. The average molecular weight is 333 g/mol. The van der Waals surface area contributed by atoms with Gasteiger partial charge in [-0.25, -0.2) is 4.98 Å². The first-order valence-electron chi connectivity index (χ1n) is 7.28. The summed E-state index contributed by atoms with van der Waals surface area (Å²) in [4.78, 5) is 16.5. The summed E-state index contributed by atoms with van der Waals surface area (Å²) >= 11 is 7.51. The van der Waals surface area contributed by atoms with Gasteiger partial charge in [0.25, 0.3) is 0 Å². The van der Waals surface area contributed by atoms with Crippen LogP contribution in [0.5, 0.6) is 0 Å². The Kier molecular flexibility index (Phi) is 4.60. The molecule has 5 heteroatoms. The molecule has 1 amide bonds. The number of carbonyl (C=O) groups excluding carboxylic acids is 1. The second kappa shape index (κ2) is 6.63. The molecule has 1 aromatic heterocycles. The fourth-order valence-electron chi connectivity index (χ4n) is 2.39. The van der Waals surface area contributed by atoms with Crippen molar-refractivity contribution in [3.63, 3.8) is 0 Å². The number of hydrogen-bond acceptors (Lipinski definition) is 3. The van der Waals surface area contributed by atoms with Crippen molar-refractivity contribution in [3.8, 4) is 0 Å². The monoisotopic (exact) mass is 332 g/mol. The molecule has 2 aromatic rings. The number of thiazole rings is 1. The van der Waals surface area contributed by atoms with E-state index in [2.05, 4.69) is 10.3 Å². The minimum atomic E-state index is -0.0856. The van der Waals surface area contributed by atoms with Crippen molar-refractivity contribution in [1.82, 2.24) is 10.3 Å². The van der Waals surface area contributed by atoms with Crippen molar-refractivity contribution in [2.45, 2.75) is 25.8 Å². The molecule has 1 aliphatic rings. The lowest BCUT2D eigenvalue weighted by atomic mass is 10.0. The number of carbonyl (C=O) groups is 1. The molecule has 1 heterocycles. The van der Waals surface area contributed by atoms with E-state index >= 15 is 0 Å². The van der Waals surface area contributed by atoms with Crippen LogP contribution in [0.1, 0.15) is 35.1 Å². The van der Waals surface area contributed by atoms with Crippen molar-refractivity contribution >= 4 is 34.9 Å². The second-order valence-electron chi connectivity index (χ2n) is 5.50. The lowest BCUT2D eigenvalue weighted by molar-refractivity contribution is -0.117. The van der Waals surface area contributed by atoms with Crippen molar-refractivity contribution in [2.24, 2.45) is 5.92 Å². The molecule has 0 saturated heterocycles. The summed E-state index contributed by atoms with van der Waals surface area (Å²) in [5.74, 6) is 0.442. The maximum absolute atomic E-state index is 12.2. The summed E-state index contributed by atoms with van der Waals surface area (Å²) < 4.78 is 0. The minimum absolute atomic E-state index is 0.0617. The van der Waals surface area contributed by atoms with E-state index in [0.717, 1.165) is 29.1 Å². The SMILES string of the molecule is Cc1nc(/C=C/C(=O)NC(c2ccc(Cl)cc2)C2CC2)cs1. The Morgan fingerprint density at radius 2 is 2.14 bits per heavy atom. The molecule has 1 atom stereocenters. The third-order valence-electron chi connectivity index (χ3n) is 3.66. The van der Waals surface area contributed by atoms with Gasteiger partial charge in [-0.1, -0.05) is 23.7 Å². The number of hydrogen-bond donors (Lipinski definition) is 1. The van der Waals surface area contributed by atoms with E-state index in [1.807, 2.05) is 36.6 Å². The highest BCUT2D eigenvalue weighted by atomic mass is 35.5. The Morgan fingerprint density at radius 1 is 1.41 bits per heavy atom. The van der Waals surface area contributed by atoms with Gasteiger partial charge in [0.2, 0.25) is 5.91 Å². The molecule has 1 aliphatic carbocycles. The summed E-state index contributed by atoms with van der Waals surface area (Å²) in [6.07, 6.45) is 5.62. The molecule has 3 rings (SSSR count). The third-order valence-corrected chi connectivity index (χ3v) is 4.71. The maximum atomic E-state index is 12.2. The predicted octanol–water partition coefficient (Wildman–Crippen LogP) is 4.39. The van der Waals surface area contributed by atoms with Gasteiger partial charge in [0, 0.05) is 16.5 Å². The van der Waals surface area contributed by atoms with E-state index in [4.69, 9.17) is 11.6 Å². The van der Waals surface area contributed by atoms with Gasteiger partial charge >= 0.3 is 0 Å². The molecule has 1 unspecified atom stereocenters. The van der Waals surface area contributed by atoms with Crippen LogP contribution >= 0.6 is 22.9 Å². The first-order valence-corrected chi connectivity index (χ1v) is 8.54. The quantitative estimate of drug-likeness (QED) is 0.825. The number of benzene rings is 1. The maximum Gasteiger partial charge on any atom is 0.244 e. The molecule has 0 radical (unpaired) electrons. The summed E-state index contributed by atoms with van der Waals surface area (Å²) in [6.45, 7) is 1.95. The Bertz CT molecular complexity index is 689. The number of aryl methyl sites for hydroxylation is 1. The van der Waals surface area contributed by atoms with Gasteiger partial charge in [-0.15, -0.1) is 11.3 Å². The fourth-order valence-corrected chi connectivity index (χ4v) is 3.10. The first-order chi connectivity index (χ1) is 10.6. The highest BCUT2D eigenvalue weighted by Crippen LogP contribution is 2.41. The Labute approximate surface area is 139 Å². The number of nitrogens with one attached hydrogen (secondary N) is 1. The van der Waals surface area contributed by atoms with Gasteiger partial charge in [0.1, 0.15) is 0 Å². The largest absolute Gasteiger partial charge is 0.345 e. The predicted molar refractivity (Wildman–Crippen MR) is 90.9 cm³/mol. The number of aromatic nitrogens is 1. The lowest BCUT2D eigenvalue weighted by Crippen LogP contribution is -2.28. The van der Waals surface area contributed by atoms with Crippen LogP contribution in [0, 0.1) is 12.8 Å². The van der Waals surface area contributed by atoms with Crippen LogP contribution in [0.3, 0.4) is 0 Å². The number of nitrogens with zero attached hydrogens (tertiary/aromatic N) is 1. The van der Waals surface area contributed by atoms with Crippen LogP contribution in [0.25, 0.3) is 6.08 Å². The average Bonchev–Trinajstić information content (AvgIpc) is 3.26. The van der Waals surface area contributed by atoms with Gasteiger partial charge in [-0.3, -0.25) is 4.79 Å². The standard InChI is InChI=1S/C17H17ClN2OS/c1-11-19-15(10-22-11)8-9-16(21)20-17(12-2-3-12)13-4-6-14(18)7-5-13/h4-10,12,17H,2-3H2,1H3,(H,20,21)/b9-8+. The van der Waals surface area contributed by atoms with Gasteiger partial charge in [0.05, 0.1) is 16.7 Å². The molecule has 3 nitrogen and oxygen atoms in total. The van der Waals surface area contributed by atoms with E-state index in [1.165, 1.54) is 0 Å². The molecule has 0 aliphatic heterocycles. The van der Waals surface area contributed by atoms with Crippen molar-refractivity contribution in [3.05, 3.63) is 57.0 Å². The van der Waals surface area contributed by atoms with Gasteiger partial charge in [0.15, 0.2) is 0 Å². The molecular formula is C17H17ClN2OS. The van der Waals surface area contributed by atoms with Crippen LogP contribution < -0.4 is 5.32 Å². The van der Waals surface area contributed by atoms with Crippen molar-refractivity contribution in [1.29, 1.82) is 0 Å². The molecule has 114 valence electrons. The third kappa shape index (κ3) is 3.96. The van der Waals surface area contributed by atoms with Gasteiger partial charge < -0.3 is 5.32 Å².